The average Bonchev–Trinajstić information content (AvgIpc) is 2.96. The Morgan fingerprint density at radius 1 is 1.32 bits per heavy atom. The van der Waals surface area contributed by atoms with Crippen LogP contribution in [0.1, 0.15) is 24.5 Å². The number of nitrogens with one attached hydrogen (secondary N) is 1. The van der Waals surface area contributed by atoms with Crippen molar-refractivity contribution in [1.29, 1.82) is 0 Å². The Hall–Kier alpha value is -1.52. The standard InChI is InChI=1S/C14H13ClN2OS/c1-8-6-7-12(18-8)9(2)16-14-17-11-5-3-4-10(15)13(11)19-14/h3-7,9H,1-2H3,(H,16,17). The number of benzene rings is 1. The van der Waals surface area contributed by atoms with Gasteiger partial charge in [-0.1, -0.05) is 29.0 Å². The van der Waals surface area contributed by atoms with Crippen molar-refractivity contribution in [3.63, 3.8) is 0 Å². The molecular formula is C14H13ClN2OS. The van der Waals surface area contributed by atoms with E-state index in [0.717, 1.165) is 31.9 Å². The first kappa shape index (κ1) is 12.5. The summed E-state index contributed by atoms with van der Waals surface area (Å²) < 4.78 is 6.61. The quantitative estimate of drug-likeness (QED) is 0.736. The van der Waals surface area contributed by atoms with E-state index in [0.29, 0.717) is 0 Å². The average molecular weight is 293 g/mol. The number of furan rings is 1. The number of hydrogen-bond donors (Lipinski definition) is 1. The lowest BCUT2D eigenvalue weighted by Gasteiger charge is -2.09. The summed E-state index contributed by atoms with van der Waals surface area (Å²) in [4.78, 5) is 4.53. The van der Waals surface area contributed by atoms with Gasteiger partial charge in [0.2, 0.25) is 0 Å². The van der Waals surface area contributed by atoms with Crippen LogP contribution in [-0.2, 0) is 0 Å². The lowest BCUT2D eigenvalue weighted by molar-refractivity contribution is 0.467. The highest BCUT2D eigenvalue weighted by Crippen LogP contribution is 2.33. The van der Waals surface area contributed by atoms with Crippen molar-refractivity contribution >= 4 is 38.3 Å². The number of hydrogen-bond acceptors (Lipinski definition) is 4. The minimum Gasteiger partial charge on any atom is -0.464 e. The third kappa shape index (κ3) is 2.46. The number of aromatic nitrogens is 1. The van der Waals surface area contributed by atoms with E-state index < -0.39 is 0 Å². The molecule has 98 valence electrons. The van der Waals surface area contributed by atoms with Crippen LogP contribution < -0.4 is 5.32 Å². The Labute approximate surface area is 120 Å². The molecule has 2 aromatic heterocycles. The zero-order valence-corrected chi connectivity index (χ0v) is 12.2. The van der Waals surface area contributed by atoms with E-state index in [-0.39, 0.29) is 6.04 Å². The van der Waals surface area contributed by atoms with Gasteiger partial charge >= 0.3 is 0 Å². The second kappa shape index (κ2) is 4.87. The van der Waals surface area contributed by atoms with E-state index in [2.05, 4.69) is 10.3 Å². The maximum absolute atomic E-state index is 6.15. The first-order valence-electron chi connectivity index (χ1n) is 6.01. The smallest absolute Gasteiger partial charge is 0.184 e. The highest BCUT2D eigenvalue weighted by molar-refractivity contribution is 7.22. The molecule has 1 atom stereocenters. The molecular weight excluding hydrogens is 280 g/mol. The molecule has 0 aliphatic heterocycles. The van der Waals surface area contributed by atoms with E-state index in [4.69, 9.17) is 16.0 Å². The van der Waals surface area contributed by atoms with Crippen LogP contribution in [0.2, 0.25) is 5.02 Å². The molecule has 0 amide bonds. The van der Waals surface area contributed by atoms with Crippen LogP contribution in [0.15, 0.2) is 34.7 Å². The van der Waals surface area contributed by atoms with Crippen molar-refractivity contribution in [2.24, 2.45) is 0 Å². The van der Waals surface area contributed by atoms with Gasteiger partial charge in [-0.2, -0.15) is 0 Å². The molecule has 0 aliphatic carbocycles. The minimum atomic E-state index is 0.0769. The summed E-state index contributed by atoms with van der Waals surface area (Å²) in [5.74, 6) is 1.82. The fraction of sp³-hybridized carbons (Fsp3) is 0.214. The van der Waals surface area contributed by atoms with E-state index in [1.54, 1.807) is 11.3 Å². The van der Waals surface area contributed by atoms with Crippen molar-refractivity contribution in [2.45, 2.75) is 19.9 Å². The molecule has 0 radical (unpaired) electrons. The third-order valence-electron chi connectivity index (χ3n) is 2.89. The van der Waals surface area contributed by atoms with Gasteiger partial charge in [0.1, 0.15) is 11.5 Å². The van der Waals surface area contributed by atoms with Gasteiger partial charge in [-0.15, -0.1) is 0 Å². The number of aryl methyl sites for hydroxylation is 1. The van der Waals surface area contributed by atoms with Crippen LogP contribution in [0, 0.1) is 6.92 Å². The van der Waals surface area contributed by atoms with Gasteiger partial charge in [0.05, 0.1) is 21.3 Å². The number of rotatable bonds is 3. The topological polar surface area (TPSA) is 38.1 Å². The molecule has 0 saturated heterocycles. The van der Waals surface area contributed by atoms with Crippen LogP contribution >= 0.6 is 22.9 Å². The van der Waals surface area contributed by atoms with Gasteiger partial charge in [0.15, 0.2) is 5.13 Å². The molecule has 5 heteroatoms. The molecule has 1 N–H and O–H groups in total. The zero-order chi connectivity index (χ0) is 13.4. The molecule has 0 saturated carbocycles. The van der Waals surface area contributed by atoms with E-state index >= 15 is 0 Å². The zero-order valence-electron chi connectivity index (χ0n) is 10.6. The highest BCUT2D eigenvalue weighted by atomic mass is 35.5. The van der Waals surface area contributed by atoms with E-state index in [1.165, 1.54) is 0 Å². The summed E-state index contributed by atoms with van der Waals surface area (Å²) in [6.07, 6.45) is 0. The highest BCUT2D eigenvalue weighted by Gasteiger charge is 2.12. The summed E-state index contributed by atoms with van der Waals surface area (Å²) in [5.41, 5.74) is 0.919. The van der Waals surface area contributed by atoms with Gasteiger partial charge in [-0.25, -0.2) is 4.98 Å². The number of halogens is 1. The van der Waals surface area contributed by atoms with Crippen LogP contribution in [0.25, 0.3) is 10.2 Å². The Kier molecular flexibility index (Phi) is 3.21. The van der Waals surface area contributed by atoms with Crippen LogP contribution in [0.5, 0.6) is 0 Å². The second-order valence-corrected chi connectivity index (χ2v) is 5.83. The predicted molar refractivity (Wildman–Crippen MR) is 80.1 cm³/mol. The Bertz CT molecular complexity index is 719. The fourth-order valence-corrected chi connectivity index (χ4v) is 3.16. The van der Waals surface area contributed by atoms with Gasteiger partial charge in [-0.05, 0) is 38.1 Å². The first-order chi connectivity index (χ1) is 9.13. The number of nitrogens with zero attached hydrogens (tertiary/aromatic N) is 1. The largest absolute Gasteiger partial charge is 0.464 e. The lowest BCUT2D eigenvalue weighted by atomic mass is 10.2. The van der Waals surface area contributed by atoms with Gasteiger partial charge in [0.25, 0.3) is 0 Å². The minimum absolute atomic E-state index is 0.0769. The van der Waals surface area contributed by atoms with Gasteiger partial charge < -0.3 is 9.73 Å². The summed E-state index contributed by atoms with van der Waals surface area (Å²) in [6, 6.07) is 9.77. The molecule has 3 aromatic rings. The summed E-state index contributed by atoms with van der Waals surface area (Å²) in [7, 11) is 0. The fourth-order valence-electron chi connectivity index (χ4n) is 1.92. The molecule has 0 bridgehead atoms. The predicted octanol–water partition coefficient (Wildman–Crippen LogP) is 5.02. The van der Waals surface area contributed by atoms with Crippen molar-refractivity contribution in [3.8, 4) is 0 Å². The van der Waals surface area contributed by atoms with Crippen molar-refractivity contribution < 1.29 is 4.42 Å². The van der Waals surface area contributed by atoms with Gasteiger partial charge in [0, 0.05) is 0 Å². The van der Waals surface area contributed by atoms with Crippen molar-refractivity contribution in [2.75, 3.05) is 5.32 Å². The molecule has 0 spiro atoms. The SMILES string of the molecule is Cc1ccc(C(C)Nc2nc3cccc(Cl)c3s2)o1. The molecule has 3 nitrogen and oxygen atoms in total. The number of thiazole rings is 1. The summed E-state index contributed by atoms with van der Waals surface area (Å²) in [5, 5.41) is 4.94. The summed E-state index contributed by atoms with van der Waals surface area (Å²) in [6.45, 7) is 3.99. The molecule has 0 fully saturated rings. The normalized spacial score (nSPS) is 12.8. The van der Waals surface area contributed by atoms with E-state index in [1.807, 2.05) is 44.2 Å². The first-order valence-corrected chi connectivity index (χ1v) is 7.21. The van der Waals surface area contributed by atoms with Crippen LogP contribution in [0.4, 0.5) is 5.13 Å². The molecule has 1 unspecified atom stereocenters. The molecule has 3 rings (SSSR count). The molecule has 0 aliphatic rings. The molecule has 1 aromatic carbocycles. The number of anilines is 1. The Morgan fingerprint density at radius 3 is 2.84 bits per heavy atom. The maximum atomic E-state index is 6.15. The number of fused-ring (bicyclic) bond motifs is 1. The molecule has 19 heavy (non-hydrogen) atoms. The lowest BCUT2D eigenvalue weighted by Crippen LogP contribution is -2.04. The van der Waals surface area contributed by atoms with E-state index in [9.17, 15) is 0 Å². The van der Waals surface area contributed by atoms with Crippen molar-refractivity contribution in [1.82, 2.24) is 4.98 Å². The van der Waals surface area contributed by atoms with Crippen LogP contribution in [-0.4, -0.2) is 4.98 Å². The monoisotopic (exact) mass is 292 g/mol. The van der Waals surface area contributed by atoms with Gasteiger partial charge in [-0.3, -0.25) is 0 Å². The Morgan fingerprint density at radius 2 is 2.16 bits per heavy atom. The molecule has 2 heterocycles. The second-order valence-electron chi connectivity index (χ2n) is 4.42. The van der Waals surface area contributed by atoms with Crippen molar-refractivity contribution in [3.05, 3.63) is 46.9 Å². The maximum Gasteiger partial charge on any atom is 0.184 e. The van der Waals surface area contributed by atoms with Crippen LogP contribution in [0.3, 0.4) is 0 Å². The Balaban J connectivity index is 1.87. The summed E-state index contributed by atoms with van der Waals surface area (Å²) >= 11 is 7.71. The third-order valence-corrected chi connectivity index (χ3v) is 4.36.